The topological polar surface area (TPSA) is 49.3 Å². The molecule has 2 aliphatic rings. The molecular formula is C21H34FIN4O2. The van der Waals surface area contributed by atoms with Gasteiger partial charge in [-0.1, -0.05) is 6.07 Å². The number of aliphatic imine (C=N–C) groups is 1. The van der Waals surface area contributed by atoms with Crippen LogP contribution in [-0.2, 0) is 9.47 Å². The minimum absolute atomic E-state index is 0. The van der Waals surface area contributed by atoms with Gasteiger partial charge >= 0.3 is 0 Å². The van der Waals surface area contributed by atoms with Crippen molar-refractivity contribution in [2.45, 2.75) is 38.4 Å². The second-order valence-corrected chi connectivity index (χ2v) is 7.40. The number of nitrogens with one attached hydrogen (secondary N) is 1. The van der Waals surface area contributed by atoms with Gasteiger partial charge in [0.05, 0.1) is 12.7 Å². The number of ether oxygens (including phenoxy) is 2. The molecule has 0 bridgehead atoms. The molecule has 0 spiro atoms. The smallest absolute Gasteiger partial charge is 0.194 e. The third kappa shape index (κ3) is 7.25. The maximum absolute atomic E-state index is 13.4. The van der Waals surface area contributed by atoms with Gasteiger partial charge in [-0.25, -0.2) is 4.39 Å². The van der Waals surface area contributed by atoms with Crippen molar-refractivity contribution in [3.63, 3.8) is 0 Å². The van der Waals surface area contributed by atoms with E-state index in [0.29, 0.717) is 6.61 Å². The third-order valence-electron chi connectivity index (χ3n) is 5.27. The number of rotatable bonds is 7. The van der Waals surface area contributed by atoms with Crippen LogP contribution in [0.1, 0.15) is 26.2 Å². The van der Waals surface area contributed by atoms with Crippen LogP contribution >= 0.6 is 24.0 Å². The summed E-state index contributed by atoms with van der Waals surface area (Å²) in [5.41, 5.74) is 0.892. The highest BCUT2D eigenvalue weighted by atomic mass is 127. The Bertz CT molecular complexity index is 643. The van der Waals surface area contributed by atoms with E-state index in [2.05, 4.69) is 22.0 Å². The van der Waals surface area contributed by atoms with Crippen LogP contribution in [0, 0.1) is 5.82 Å². The van der Waals surface area contributed by atoms with Gasteiger partial charge in [0.25, 0.3) is 0 Å². The molecule has 2 heterocycles. The molecule has 6 nitrogen and oxygen atoms in total. The van der Waals surface area contributed by atoms with Crippen LogP contribution in [0.5, 0.6) is 0 Å². The summed E-state index contributed by atoms with van der Waals surface area (Å²) in [7, 11) is 1.98. The van der Waals surface area contributed by atoms with Crippen LogP contribution < -0.4 is 10.2 Å². The second kappa shape index (κ2) is 12.5. The molecular weight excluding hydrogens is 486 g/mol. The van der Waals surface area contributed by atoms with Crippen LogP contribution in [0.2, 0.25) is 0 Å². The fourth-order valence-corrected chi connectivity index (χ4v) is 3.75. The van der Waals surface area contributed by atoms with Crippen LogP contribution in [0.3, 0.4) is 0 Å². The maximum Gasteiger partial charge on any atom is 0.194 e. The van der Waals surface area contributed by atoms with Gasteiger partial charge in [-0.05, 0) is 44.4 Å². The van der Waals surface area contributed by atoms with E-state index in [0.717, 1.165) is 70.2 Å². The summed E-state index contributed by atoms with van der Waals surface area (Å²) in [5, 5.41) is 3.41. The van der Waals surface area contributed by atoms with E-state index in [1.807, 2.05) is 13.1 Å². The van der Waals surface area contributed by atoms with Crippen molar-refractivity contribution in [2.75, 3.05) is 57.9 Å². The standard InChI is InChI=1S/C21H33FN4O2.HI/c1-3-23-21(26-12-14-28-20(16-26)19-9-5-13-27-19)24-10-6-11-25(2)18-8-4-7-17(22)15-18;/h4,7-8,15,19-20H,3,5-6,9-14,16H2,1-2H3,(H,23,24);1H. The van der Waals surface area contributed by atoms with Gasteiger partial charge in [0.1, 0.15) is 11.9 Å². The van der Waals surface area contributed by atoms with E-state index in [-0.39, 0.29) is 42.0 Å². The lowest BCUT2D eigenvalue weighted by molar-refractivity contribution is -0.0817. The molecule has 2 saturated heterocycles. The normalized spacial score (nSPS) is 22.3. The highest BCUT2D eigenvalue weighted by Crippen LogP contribution is 2.21. The SMILES string of the molecule is CCNC(=NCCCN(C)c1cccc(F)c1)N1CCOC(C2CCCO2)C1.I. The van der Waals surface area contributed by atoms with Crippen molar-refractivity contribution in [1.29, 1.82) is 0 Å². The Morgan fingerprint density at radius 2 is 2.14 bits per heavy atom. The summed E-state index contributed by atoms with van der Waals surface area (Å²) in [4.78, 5) is 9.17. The number of morpholine rings is 1. The number of nitrogens with zero attached hydrogens (tertiary/aromatic N) is 3. The average molecular weight is 520 g/mol. The zero-order valence-electron chi connectivity index (χ0n) is 17.5. The number of benzene rings is 1. The monoisotopic (exact) mass is 520 g/mol. The molecule has 1 aromatic rings. The minimum atomic E-state index is -0.204. The molecule has 0 aromatic heterocycles. The zero-order valence-corrected chi connectivity index (χ0v) is 19.8. The third-order valence-corrected chi connectivity index (χ3v) is 5.27. The number of guanidine groups is 1. The first-order valence-corrected chi connectivity index (χ1v) is 10.4. The molecule has 0 saturated carbocycles. The summed E-state index contributed by atoms with van der Waals surface area (Å²) in [5.74, 6) is 0.743. The van der Waals surface area contributed by atoms with Gasteiger partial charge in [0.15, 0.2) is 5.96 Å². The first-order chi connectivity index (χ1) is 13.7. The predicted octanol–water partition coefficient (Wildman–Crippen LogP) is 3.12. The first kappa shape index (κ1) is 24.1. The van der Waals surface area contributed by atoms with E-state index in [1.165, 1.54) is 6.07 Å². The molecule has 2 aliphatic heterocycles. The summed E-state index contributed by atoms with van der Waals surface area (Å²) < 4.78 is 25.1. The molecule has 0 amide bonds. The Morgan fingerprint density at radius 1 is 1.31 bits per heavy atom. The lowest BCUT2D eigenvalue weighted by Gasteiger charge is -2.37. The first-order valence-electron chi connectivity index (χ1n) is 10.4. The van der Waals surface area contributed by atoms with Gasteiger partial charge in [-0.3, -0.25) is 4.99 Å². The van der Waals surface area contributed by atoms with Crippen LogP contribution in [0.25, 0.3) is 0 Å². The lowest BCUT2D eigenvalue weighted by atomic mass is 10.1. The van der Waals surface area contributed by atoms with Gasteiger partial charge in [-0.15, -0.1) is 24.0 Å². The molecule has 8 heteroatoms. The molecule has 29 heavy (non-hydrogen) atoms. The predicted molar refractivity (Wildman–Crippen MR) is 126 cm³/mol. The van der Waals surface area contributed by atoms with Crippen molar-refractivity contribution >= 4 is 35.6 Å². The van der Waals surface area contributed by atoms with Crippen LogP contribution in [0.15, 0.2) is 29.3 Å². The molecule has 3 rings (SSSR count). The lowest BCUT2D eigenvalue weighted by Crippen LogP contribution is -2.53. The molecule has 164 valence electrons. The fourth-order valence-electron chi connectivity index (χ4n) is 3.75. The van der Waals surface area contributed by atoms with Crippen LogP contribution in [0.4, 0.5) is 10.1 Å². The fraction of sp³-hybridized carbons (Fsp3) is 0.667. The quantitative estimate of drug-likeness (QED) is 0.259. The average Bonchev–Trinajstić information content (AvgIpc) is 3.25. The highest BCUT2D eigenvalue weighted by molar-refractivity contribution is 14.0. The number of halogens is 2. The Labute approximate surface area is 190 Å². The van der Waals surface area contributed by atoms with Crippen molar-refractivity contribution in [3.8, 4) is 0 Å². The number of hydrogen-bond acceptors (Lipinski definition) is 4. The van der Waals surface area contributed by atoms with E-state index < -0.39 is 0 Å². The Balaban J connectivity index is 0.00000300. The Morgan fingerprint density at radius 3 is 2.86 bits per heavy atom. The molecule has 1 aromatic carbocycles. The Hall–Kier alpha value is -1.13. The van der Waals surface area contributed by atoms with Gasteiger partial charge in [0.2, 0.25) is 0 Å². The van der Waals surface area contributed by atoms with E-state index in [1.54, 1.807) is 12.1 Å². The molecule has 2 fully saturated rings. The van der Waals surface area contributed by atoms with Gasteiger partial charge in [0, 0.05) is 52.1 Å². The number of anilines is 1. The highest BCUT2D eigenvalue weighted by Gasteiger charge is 2.32. The van der Waals surface area contributed by atoms with Crippen LogP contribution in [-0.4, -0.2) is 76.1 Å². The zero-order chi connectivity index (χ0) is 19.8. The summed E-state index contributed by atoms with van der Waals surface area (Å²) in [6.07, 6.45) is 3.45. The molecule has 0 radical (unpaired) electrons. The second-order valence-electron chi connectivity index (χ2n) is 7.40. The molecule has 2 atom stereocenters. The van der Waals surface area contributed by atoms with E-state index in [9.17, 15) is 4.39 Å². The summed E-state index contributed by atoms with van der Waals surface area (Å²) >= 11 is 0. The Kier molecular flexibility index (Phi) is 10.4. The number of hydrogen-bond donors (Lipinski definition) is 1. The summed E-state index contributed by atoms with van der Waals surface area (Å²) in [6, 6.07) is 6.70. The largest absolute Gasteiger partial charge is 0.375 e. The van der Waals surface area contributed by atoms with Crippen molar-refractivity contribution in [2.24, 2.45) is 4.99 Å². The van der Waals surface area contributed by atoms with E-state index >= 15 is 0 Å². The van der Waals surface area contributed by atoms with E-state index in [4.69, 9.17) is 14.5 Å². The van der Waals surface area contributed by atoms with Gasteiger partial charge < -0.3 is 24.6 Å². The van der Waals surface area contributed by atoms with Crippen molar-refractivity contribution < 1.29 is 13.9 Å². The summed E-state index contributed by atoms with van der Waals surface area (Å²) in [6.45, 7) is 7.69. The molecule has 1 N–H and O–H groups in total. The van der Waals surface area contributed by atoms with Crippen molar-refractivity contribution in [1.82, 2.24) is 10.2 Å². The molecule has 0 aliphatic carbocycles. The van der Waals surface area contributed by atoms with Crippen molar-refractivity contribution in [3.05, 3.63) is 30.1 Å². The molecule has 2 unspecified atom stereocenters. The van der Waals surface area contributed by atoms with Gasteiger partial charge in [-0.2, -0.15) is 0 Å². The minimum Gasteiger partial charge on any atom is -0.375 e. The maximum atomic E-state index is 13.4.